The largest absolute Gasteiger partial charge is 0.478 e. The summed E-state index contributed by atoms with van der Waals surface area (Å²) in [6.07, 6.45) is 0. The summed E-state index contributed by atoms with van der Waals surface area (Å²) in [5.41, 5.74) is 10.7. The van der Waals surface area contributed by atoms with E-state index in [1.54, 1.807) is 0 Å². The molecule has 1 aromatic rings. The van der Waals surface area contributed by atoms with Gasteiger partial charge in [-0.05, 0) is 24.3 Å². The van der Waals surface area contributed by atoms with E-state index >= 15 is 0 Å². The first-order chi connectivity index (χ1) is 8.40. The highest BCUT2D eigenvalue weighted by molar-refractivity contribution is 5.89. The monoisotopic (exact) mass is 251 g/mol. The Bertz CT molecular complexity index is 454. The third-order valence-electron chi connectivity index (χ3n) is 2.17. The molecule has 0 aliphatic heterocycles. The number of hydrogen-bond acceptors (Lipinski definition) is 4. The van der Waals surface area contributed by atoms with Crippen LogP contribution in [0.25, 0.3) is 0 Å². The van der Waals surface area contributed by atoms with Crippen molar-refractivity contribution in [1.82, 2.24) is 0 Å². The molecule has 0 unspecified atom stereocenters. The lowest BCUT2D eigenvalue weighted by Crippen LogP contribution is -2.39. The van der Waals surface area contributed by atoms with Crippen LogP contribution in [0.15, 0.2) is 24.3 Å². The fourth-order valence-corrected chi connectivity index (χ4v) is 1.43. The van der Waals surface area contributed by atoms with E-state index in [4.69, 9.17) is 16.6 Å². The number of carboxylic acids is 1. The summed E-state index contributed by atoms with van der Waals surface area (Å²) in [7, 11) is 0. The Balaban J connectivity index is 2.93. The lowest BCUT2D eigenvalue weighted by atomic mass is 10.2. The molecule has 0 aromatic heterocycles. The Morgan fingerprint density at radius 1 is 1.00 bits per heavy atom. The molecule has 0 saturated heterocycles. The second kappa shape index (κ2) is 5.67. The molecule has 1 aromatic carbocycles. The molecule has 0 radical (unpaired) electrons. The average Bonchev–Trinajstić information content (AvgIpc) is 2.27. The Kier molecular flexibility index (Phi) is 4.25. The topological polar surface area (TPSA) is 127 Å². The Morgan fingerprint density at radius 3 is 1.78 bits per heavy atom. The van der Waals surface area contributed by atoms with E-state index in [2.05, 4.69) is 0 Å². The van der Waals surface area contributed by atoms with Crippen molar-refractivity contribution in [2.24, 2.45) is 11.5 Å². The summed E-state index contributed by atoms with van der Waals surface area (Å²) in [5, 5.41) is 8.74. The number of carbonyl (C=O) groups excluding carboxylic acids is 2. The molecule has 5 N–H and O–H groups in total. The van der Waals surface area contributed by atoms with Crippen molar-refractivity contribution >= 4 is 23.5 Å². The van der Waals surface area contributed by atoms with Crippen molar-refractivity contribution in [2.45, 2.75) is 0 Å². The lowest BCUT2D eigenvalue weighted by molar-refractivity contribution is -0.117. The summed E-state index contributed by atoms with van der Waals surface area (Å²) < 4.78 is 0. The number of carboxylic acid groups (broad SMARTS) is 1. The number of rotatable bonds is 6. The zero-order valence-corrected chi connectivity index (χ0v) is 9.50. The molecular weight excluding hydrogens is 238 g/mol. The first kappa shape index (κ1) is 13.5. The Hall–Kier alpha value is -2.57. The number of aromatic carboxylic acids is 1. The van der Waals surface area contributed by atoms with Crippen molar-refractivity contribution in [3.05, 3.63) is 29.8 Å². The number of anilines is 1. The summed E-state index contributed by atoms with van der Waals surface area (Å²) in [6, 6.07) is 5.70. The van der Waals surface area contributed by atoms with Gasteiger partial charge in [0.15, 0.2) is 0 Å². The van der Waals surface area contributed by atoms with Gasteiger partial charge in [0, 0.05) is 5.69 Å². The third-order valence-corrected chi connectivity index (χ3v) is 2.17. The van der Waals surface area contributed by atoms with Gasteiger partial charge in [0.05, 0.1) is 18.7 Å². The number of carbonyl (C=O) groups is 3. The van der Waals surface area contributed by atoms with E-state index in [1.165, 1.54) is 29.2 Å². The smallest absolute Gasteiger partial charge is 0.335 e. The van der Waals surface area contributed by atoms with Crippen molar-refractivity contribution in [3.63, 3.8) is 0 Å². The van der Waals surface area contributed by atoms with Crippen LogP contribution < -0.4 is 16.4 Å². The van der Waals surface area contributed by atoms with Crippen LogP contribution in [0.4, 0.5) is 5.69 Å². The fourth-order valence-electron chi connectivity index (χ4n) is 1.43. The normalized spacial score (nSPS) is 9.78. The number of benzene rings is 1. The second-order valence-corrected chi connectivity index (χ2v) is 3.64. The Labute approximate surface area is 103 Å². The molecule has 0 heterocycles. The van der Waals surface area contributed by atoms with Gasteiger partial charge in [-0.25, -0.2) is 4.79 Å². The zero-order chi connectivity index (χ0) is 13.7. The summed E-state index contributed by atoms with van der Waals surface area (Å²) in [4.78, 5) is 33.8. The van der Waals surface area contributed by atoms with Crippen LogP contribution >= 0.6 is 0 Å². The molecule has 1 rings (SSSR count). The van der Waals surface area contributed by atoms with Gasteiger partial charge in [0.25, 0.3) is 0 Å². The van der Waals surface area contributed by atoms with Gasteiger partial charge in [-0.1, -0.05) is 0 Å². The van der Waals surface area contributed by atoms with Gasteiger partial charge in [-0.2, -0.15) is 0 Å². The highest BCUT2D eigenvalue weighted by Gasteiger charge is 2.12. The molecular formula is C11H13N3O4. The maximum Gasteiger partial charge on any atom is 0.335 e. The second-order valence-electron chi connectivity index (χ2n) is 3.64. The number of amides is 2. The van der Waals surface area contributed by atoms with Crippen LogP contribution in [-0.2, 0) is 9.59 Å². The van der Waals surface area contributed by atoms with Crippen LogP contribution in [0.3, 0.4) is 0 Å². The van der Waals surface area contributed by atoms with E-state index < -0.39 is 17.8 Å². The van der Waals surface area contributed by atoms with Gasteiger partial charge < -0.3 is 21.5 Å². The van der Waals surface area contributed by atoms with Crippen LogP contribution in [0.5, 0.6) is 0 Å². The fraction of sp³-hybridized carbons (Fsp3) is 0.182. The number of hydrogen-bond donors (Lipinski definition) is 3. The quantitative estimate of drug-likeness (QED) is 0.607. The summed E-state index contributed by atoms with van der Waals surface area (Å²) >= 11 is 0. The molecule has 0 atom stereocenters. The van der Waals surface area contributed by atoms with Gasteiger partial charge >= 0.3 is 5.97 Å². The minimum absolute atomic E-state index is 0.108. The molecule has 0 bridgehead atoms. The van der Waals surface area contributed by atoms with Crippen LogP contribution in [0.2, 0.25) is 0 Å². The Morgan fingerprint density at radius 2 is 1.44 bits per heavy atom. The highest BCUT2D eigenvalue weighted by Crippen LogP contribution is 2.14. The van der Waals surface area contributed by atoms with Crippen molar-refractivity contribution in [2.75, 3.05) is 18.0 Å². The molecule has 7 nitrogen and oxygen atoms in total. The first-order valence-corrected chi connectivity index (χ1v) is 5.05. The maximum absolute atomic E-state index is 10.9. The van der Waals surface area contributed by atoms with Crippen molar-refractivity contribution in [1.29, 1.82) is 0 Å². The van der Waals surface area contributed by atoms with E-state index in [-0.39, 0.29) is 18.7 Å². The summed E-state index contributed by atoms with van der Waals surface area (Å²) in [6.45, 7) is -0.343. The molecule has 0 aliphatic rings. The van der Waals surface area contributed by atoms with Crippen LogP contribution in [-0.4, -0.2) is 36.0 Å². The SMILES string of the molecule is NC(=O)CN(CC(N)=O)c1ccc(C(=O)O)cc1. The van der Waals surface area contributed by atoms with Gasteiger partial charge in [-0.15, -0.1) is 0 Å². The van der Waals surface area contributed by atoms with Crippen LogP contribution in [0.1, 0.15) is 10.4 Å². The molecule has 0 spiro atoms. The zero-order valence-electron chi connectivity index (χ0n) is 9.50. The molecule has 96 valence electrons. The van der Waals surface area contributed by atoms with Gasteiger partial charge in [0.2, 0.25) is 11.8 Å². The molecule has 0 saturated carbocycles. The van der Waals surface area contributed by atoms with E-state index in [0.717, 1.165) is 0 Å². The molecule has 7 heteroatoms. The first-order valence-electron chi connectivity index (χ1n) is 5.05. The third kappa shape index (κ3) is 3.78. The predicted octanol–water partition coefficient (Wildman–Crippen LogP) is -0.838. The standard InChI is InChI=1S/C11H13N3O4/c12-9(15)5-14(6-10(13)16)8-3-1-7(2-4-8)11(17)18/h1-4H,5-6H2,(H2,12,15)(H2,13,16)(H,17,18). The maximum atomic E-state index is 10.9. The highest BCUT2D eigenvalue weighted by atomic mass is 16.4. The van der Waals surface area contributed by atoms with E-state index in [0.29, 0.717) is 5.69 Å². The lowest BCUT2D eigenvalue weighted by Gasteiger charge is -2.21. The summed E-state index contributed by atoms with van der Waals surface area (Å²) in [5.74, 6) is -2.28. The van der Waals surface area contributed by atoms with Crippen LogP contribution in [0, 0.1) is 0 Å². The molecule has 18 heavy (non-hydrogen) atoms. The van der Waals surface area contributed by atoms with Gasteiger partial charge in [-0.3, -0.25) is 9.59 Å². The average molecular weight is 251 g/mol. The number of primary amides is 2. The minimum atomic E-state index is -1.06. The number of nitrogens with two attached hydrogens (primary N) is 2. The molecule has 0 fully saturated rings. The molecule has 0 aliphatic carbocycles. The van der Waals surface area contributed by atoms with Gasteiger partial charge in [0.1, 0.15) is 0 Å². The number of nitrogens with zero attached hydrogens (tertiary/aromatic N) is 1. The molecule has 2 amide bonds. The van der Waals surface area contributed by atoms with E-state index in [1.807, 2.05) is 0 Å². The van der Waals surface area contributed by atoms with E-state index in [9.17, 15) is 14.4 Å². The minimum Gasteiger partial charge on any atom is -0.478 e. The predicted molar refractivity (Wildman–Crippen MR) is 64.0 cm³/mol. The van der Waals surface area contributed by atoms with Crippen molar-refractivity contribution in [3.8, 4) is 0 Å². The van der Waals surface area contributed by atoms with Crippen molar-refractivity contribution < 1.29 is 19.5 Å².